The summed E-state index contributed by atoms with van der Waals surface area (Å²) in [6.07, 6.45) is -27.1. The van der Waals surface area contributed by atoms with Crippen LogP contribution in [0.2, 0.25) is 0 Å². The van der Waals surface area contributed by atoms with Crippen molar-refractivity contribution in [2.45, 2.75) is 161 Å². The highest BCUT2D eigenvalue weighted by atomic mass is 19.2. The lowest BCUT2D eigenvalue weighted by Crippen LogP contribution is -2.57. The fourth-order valence-corrected chi connectivity index (χ4v) is 9.64. The number of alkyl halides is 5. The van der Waals surface area contributed by atoms with Gasteiger partial charge in [0.25, 0.3) is 5.56 Å². The Kier molecular flexibility index (Phi) is 24.2. The van der Waals surface area contributed by atoms with Crippen molar-refractivity contribution in [1.82, 2.24) is 50.4 Å². The van der Waals surface area contributed by atoms with Crippen LogP contribution in [0.5, 0.6) is 0 Å². The van der Waals surface area contributed by atoms with E-state index in [1.165, 1.54) is 4.90 Å². The van der Waals surface area contributed by atoms with Crippen LogP contribution >= 0.6 is 0 Å². The molecule has 10 rings (SSSR count). The molecule has 0 spiro atoms. The maximum atomic E-state index is 13.7. The third-order valence-electron chi connectivity index (χ3n) is 14.3. The second-order valence-electron chi connectivity index (χ2n) is 19.9. The van der Waals surface area contributed by atoms with E-state index in [-0.39, 0.29) is 38.9 Å². The van der Waals surface area contributed by atoms with Crippen LogP contribution in [0.4, 0.5) is 41.1 Å². The molecule has 1 aromatic rings. The molecule has 9 aliphatic rings. The number of aliphatic hydroxyl groups excluding tert-OH is 12. The second-order valence-corrected chi connectivity index (χ2v) is 19.9. The van der Waals surface area contributed by atoms with Crippen LogP contribution in [0.3, 0.4) is 0 Å². The standard InChI is InChI=1S/2C9H15FN2O5.C9H13FN2O5.C9H11FN2O5.C9H15FN2O4/c4*10-6-7(15)4(3-13)17-8(6)12-2-1-5(14)11-9(12)16;10-6-7(14)5(4-13)16-8(6)12-3-1-2-11-9(12)15/h2*4-8,13-15H,1-3H2,(H,11,16);4,6-8,13,15H,1-3H2,(H,11,14,16);1-2,4,6-8,13,15H,3H2,(H,11,14,16);5-8,13-14H,1-4H2,(H,11,15)/t4-,5+,6-,7-,8-;4-,5-,6-,7-,8-;2*4-,6-,7-,8-;5-,6-,7-,8-/m11111/s1. The molecular weight excluding hydrogens is 1160 g/mol. The van der Waals surface area contributed by atoms with Crippen molar-refractivity contribution in [3.63, 3.8) is 0 Å². The Hall–Kier alpha value is -5.60. The van der Waals surface area contributed by atoms with Gasteiger partial charge in [0.15, 0.2) is 62.0 Å². The van der Waals surface area contributed by atoms with E-state index in [0.717, 1.165) is 31.5 Å². The third kappa shape index (κ3) is 15.5. The first-order chi connectivity index (χ1) is 39.8. The largest absolute Gasteiger partial charge is 0.394 e. The summed E-state index contributed by atoms with van der Waals surface area (Å²) in [6, 6.07) is -1.41. The van der Waals surface area contributed by atoms with Gasteiger partial charge in [0.05, 0.1) is 33.0 Å². The predicted molar refractivity (Wildman–Crippen MR) is 261 cm³/mol. The first-order valence-electron chi connectivity index (χ1n) is 26.2. The van der Waals surface area contributed by atoms with Crippen molar-refractivity contribution in [1.29, 1.82) is 0 Å². The molecule has 17 N–H and O–H groups in total. The number of imide groups is 1. The van der Waals surface area contributed by atoms with Crippen LogP contribution in [0.25, 0.3) is 0 Å². The Morgan fingerprint density at radius 2 is 0.810 bits per heavy atom. The summed E-state index contributed by atoms with van der Waals surface area (Å²) in [4.78, 5) is 85.3. The average Bonchev–Trinajstić information content (AvgIpc) is 4.42. The molecule has 9 aliphatic heterocycles. The van der Waals surface area contributed by atoms with Crippen LogP contribution in [-0.4, -0.2) is 315 Å². The summed E-state index contributed by atoms with van der Waals surface area (Å²) in [5.74, 6) is -0.432. The van der Waals surface area contributed by atoms with E-state index >= 15 is 0 Å². The number of ether oxygens (including phenoxy) is 5. The predicted octanol–water partition coefficient (Wildman–Crippen LogP) is -8.44. The molecule has 39 heteroatoms. The molecule has 0 aliphatic carbocycles. The topological polar surface area (TPSA) is 490 Å². The molecule has 0 bridgehead atoms. The number of hydrogen-bond acceptors (Lipinski definition) is 24. The third-order valence-corrected chi connectivity index (χ3v) is 14.3. The summed E-state index contributed by atoms with van der Waals surface area (Å²) < 4.78 is 94.6. The highest BCUT2D eigenvalue weighted by Gasteiger charge is 2.53. The van der Waals surface area contributed by atoms with Gasteiger partial charge in [-0.1, -0.05) is 0 Å². The van der Waals surface area contributed by atoms with Gasteiger partial charge in [-0.3, -0.25) is 44.1 Å². The number of amides is 9. The number of rotatable bonds is 10. The molecular formula is C45H69F5N10O24. The highest BCUT2D eigenvalue weighted by molar-refractivity contribution is 5.96. The lowest BCUT2D eigenvalue weighted by Gasteiger charge is -2.34. The van der Waals surface area contributed by atoms with Gasteiger partial charge in [0, 0.05) is 64.2 Å². The van der Waals surface area contributed by atoms with Crippen LogP contribution < -0.4 is 32.5 Å². The maximum Gasteiger partial charge on any atom is 0.330 e. The first-order valence-corrected chi connectivity index (χ1v) is 26.2. The molecule has 478 valence electrons. The molecule has 9 fully saturated rings. The number of H-pyrrole nitrogens is 1. The lowest BCUT2D eigenvalue weighted by atomic mass is 10.1. The fourth-order valence-electron chi connectivity index (χ4n) is 9.64. The monoisotopic (exact) mass is 1230 g/mol. The second kappa shape index (κ2) is 30.2. The van der Waals surface area contributed by atoms with Crippen molar-refractivity contribution in [3.8, 4) is 0 Å². The number of aromatic amines is 1. The van der Waals surface area contributed by atoms with E-state index in [2.05, 4.69) is 16.0 Å². The molecule has 0 radical (unpaired) electrons. The van der Waals surface area contributed by atoms with E-state index in [9.17, 15) is 91.3 Å². The van der Waals surface area contributed by atoms with E-state index in [4.69, 9.17) is 49.2 Å². The number of nitrogens with zero attached hydrogens (tertiary/aromatic N) is 5. The number of carbonyl (C=O) groups is 5. The quantitative estimate of drug-likeness (QED) is 0.0968. The molecule has 0 saturated carbocycles. The minimum Gasteiger partial charge on any atom is -0.394 e. The Balaban J connectivity index is 0.000000168. The van der Waals surface area contributed by atoms with Crippen molar-refractivity contribution < 1.29 is 131 Å². The van der Waals surface area contributed by atoms with Gasteiger partial charge in [-0.05, 0) is 6.42 Å². The van der Waals surface area contributed by atoms with E-state index in [1.807, 2.05) is 10.3 Å². The van der Waals surface area contributed by atoms with Crippen LogP contribution in [0.15, 0.2) is 21.9 Å². The summed E-state index contributed by atoms with van der Waals surface area (Å²) in [5, 5.41) is 119. The molecule has 0 aromatic carbocycles. The summed E-state index contributed by atoms with van der Waals surface area (Å²) in [7, 11) is 0. The molecule has 84 heavy (non-hydrogen) atoms. The zero-order valence-corrected chi connectivity index (χ0v) is 44.1. The molecule has 10 heterocycles. The molecule has 22 atom stereocenters. The van der Waals surface area contributed by atoms with Gasteiger partial charge in [-0.2, -0.15) is 0 Å². The highest BCUT2D eigenvalue weighted by Crippen LogP contribution is 2.33. The minimum absolute atomic E-state index is 0.0284. The van der Waals surface area contributed by atoms with Crippen LogP contribution in [0.1, 0.15) is 31.9 Å². The number of urea groups is 4. The maximum absolute atomic E-state index is 13.7. The smallest absolute Gasteiger partial charge is 0.330 e. The Bertz CT molecular complexity index is 2430. The van der Waals surface area contributed by atoms with Gasteiger partial charge < -0.3 is 101 Å². The van der Waals surface area contributed by atoms with Gasteiger partial charge in [-0.15, -0.1) is 0 Å². The molecule has 0 unspecified atom stereocenters. The van der Waals surface area contributed by atoms with Gasteiger partial charge in [0.2, 0.25) is 5.91 Å². The summed E-state index contributed by atoms with van der Waals surface area (Å²) in [5.41, 5.74) is -1.45. The molecule has 34 nitrogen and oxygen atoms in total. The number of carbonyl (C=O) groups excluding carboxylic acids is 5. The van der Waals surface area contributed by atoms with E-state index < -0.39 is 210 Å². The zero-order chi connectivity index (χ0) is 62.0. The minimum atomic E-state index is -1.85. The number of nitrogens with one attached hydrogen (secondary N) is 5. The van der Waals surface area contributed by atoms with Crippen LogP contribution in [0, 0.1) is 0 Å². The Morgan fingerprint density at radius 1 is 0.464 bits per heavy atom. The van der Waals surface area contributed by atoms with Gasteiger partial charge in [-0.25, -0.2) is 45.9 Å². The van der Waals surface area contributed by atoms with Crippen molar-refractivity contribution in [2.24, 2.45) is 0 Å². The van der Waals surface area contributed by atoms with Crippen LogP contribution in [-0.2, 0) is 28.5 Å². The normalized spacial score (nSPS) is 39.3. The van der Waals surface area contributed by atoms with E-state index in [0.29, 0.717) is 19.5 Å². The summed E-state index contributed by atoms with van der Waals surface area (Å²) >= 11 is 0. The fraction of sp³-hybridized carbons (Fsp3) is 0.800. The lowest BCUT2D eigenvalue weighted by molar-refractivity contribution is -0.124. The van der Waals surface area contributed by atoms with Crippen molar-refractivity contribution in [2.75, 3.05) is 65.8 Å². The first kappa shape index (κ1) is 67.5. The number of hydrogen-bond donors (Lipinski definition) is 17. The van der Waals surface area contributed by atoms with E-state index in [1.54, 1.807) is 0 Å². The molecule has 9 saturated heterocycles. The zero-order valence-electron chi connectivity index (χ0n) is 44.1. The van der Waals surface area contributed by atoms with Gasteiger partial charge >= 0.3 is 29.8 Å². The average molecular weight is 1230 g/mol. The molecule has 9 amide bonds. The molecule has 1 aromatic heterocycles. The number of halogens is 5. The summed E-state index contributed by atoms with van der Waals surface area (Å²) in [6.45, 7) is -1.36. The van der Waals surface area contributed by atoms with Crippen molar-refractivity contribution >= 4 is 30.0 Å². The SMILES string of the molecule is O=C1CCN([C@@H]2O[C@H](CO)[C@@H](O)[C@H]2F)C(=O)N1.O=C1NCCCN1[C@@H]1O[C@H](CO)[C@@H](O)[C@H]1F.O=C1N[C@@H](O)CCN1[C@@H]1O[C@H](CO)[C@@H](O)[C@H]1F.O=C1N[C@H](O)CCN1[C@@H]1O[C@H](CO)[C@@H](O)[C@H]1F.O=c1ccn([C@@H]2O[C@H](CO)[C@@H](O)[C@H]2F)c(=O)[nH]1. The Labute approximate surface area is 470 Å². The van der Waals surface area contributed by atoms with Crippen molar-refractivity contribution in [3.05, 3.63) is 33.1 Å². The Morgan fingerprint density at radius 3 is 1.13 bits per heavy atom. The number of aliphatic hydroxyl groups is 12. The van der Waals surface area contributed by atoms with Gasteiger partial charge in [0.1, 0.15) is 73.5 Å². The number of aromatic nitrogens is 2.